The van der Waals surface area contributed by atoms with Gasteiger partial charge in [-0.2, -0.15) is 0 Å². The van der Waals surface area contributed by atoms with E-state index in [0.29, 0.717) is 21.5 Å². The number of thiocarbonyl (C=S) groups is 1. The standard InChI is InChI=1S/C20H26N2O4S2/c1-13-7-9-22(10-8-13)20(27)28-12-18(24)26-15(3)19(25)21-17-6-4-5-16(11-17)14(2)23/h4-6,11,13,15H,7-10,12H2,1-3H3,(H,21,25). The maximum absolute atomic E-state index is 12.2. The smallest absolute Gasteiger partial charge is 0.317 e. The van der Waals surface area contributed by atoms with E-state index >= 15 is 0 Å². The molecule has 1 heterocycles. The fourth-order valence-corrected chi connectivity index (χ4v) is 3.78. The van der Waals surface area contributed by atoms with Gasteiger partial charge in [-0.25, -0.2) is 0 Å². The summed E-state index contributed by atoms with van der Waals surface area (Å²) in [5.41, 5.74) is 0.981. The molecule has 1 aromatic carbocycles. The summed E-state index contributed by atoms with van der Waals surface area (Å²) in [4.78, 5) is 37.8. The molecule has 6 nitrogen and oxygen atoms in total. The van der Waals surface area contributed by atoms with Gasteiger partial charge in [0.15, 0.2) is 11.9 Å². The quantitative estimate of drug-likeness (QED) is 0.427. The summed E-state index contributed by atoms with van der Waals surface area (Å²) in [5, 5.41) is 2.65. The van der Waals surface area contributed by atoms with E-state index < -0.39 is 18.0 Å². The van der Waals surface area contributed by atoms with Gasteiger partial charge in [-0.1, -0.05) is 43.0 Å². The van der Waals surface area contributed by atoms with Gasteiger partial charge in [-0.15, -0.1) is 0 Å². The van der Waals surface area contributed by atoms with Gasteiger partial charge in [0.2, 0.25) is 0 Å². The molecule has 2 rings (SSSR count). The number of carbonyl (C=O) groups is 3. The molecule has 0 aliphatic carbocycles. The Bertz CT molecular complexity index is 745. The van der Waals surface area contributed by atoms with Crippen LogP contribution in [0.2, 0.25) is 0 Å². The first-order valence-corrected chi connectivity index (χ1v) is 10.7. The first-order valence-electron chi connectivity index (χ1n) is 9.29. The van der Waals surface area contributed by atoms with Crippen molar-refractivity contribution in [3.8, 4) is 0 Å². The number of esters is 1. The predicted molar refractivity (Wildman–Crippen MR) is 116 cm³/mol. The summed E-state index contributed by atoms with van der Waals surface area (Å²) in [6.07, 6.45) is 1.26. The van der Waals surface area contributed by atoms with Crippen LogP contribution in [-0.2, 0) is 14.3 Å². The van der Waals surface area contributed by atoms with Gasteiger partial charge in [-0.3, -0.25) is 14.4 Å². The minimum Gasteiger partial charge on any atom is -0.452 e. The third kappa shape index (κ3) is 6.91. The number of rotatable bonds is 6. The largest absolute Gasteiger partial charge is 0.452 e. The number of nitrogens with zero attached hydrogens (tertiary/aromatic N) is 1. The molecule has 1 aromatic rings. The van der Waals surface area contributed by atoms with Gasteiger partial charge >= 0.3 is 5.97 Å². The maximum Gasteiger partial charge on any atom is 0.317 e. The van der Waals surface area contributed by atoms with E-state index in [1.165, 1.54) is 25.6 Å². The summed E-state index contributed by atoms with van der Waals surface area (Å²) in [7, 11) is 0. The molecule has 0 saturated carbocycles. The third-order valence-electron chi connectivity index (χ3n) is 4.57. The summed E-state index contributed by atoms with van der Waals surface area (Å²) in [6, 6.07) is 6.61. The highest BCUT2D eigenvalue weighted by atomic mass is 32.2. The molecule has 0 bridgehead atoms. The van der Waals surface area contributed by atoms with Crippen LogP contribution in [0.4, 0.5) is 5.69 Å². The summed E-state index contributed by atoms with van der Waals surface area (Å²) in [6.45, 7) is 7.03. The number of carbonyl (C=O) groups excluding carboxylic acids is 3. The van der Waals surface area contributed by atoms with Crippen LogP contribution in [0.15, 0.2) is 24.3 Å². The van der Waals surface area contributed by atoms with Crippen LogP contribution in [0.5, 0.6) is 0 Å². The van der Waals surface area contributed by atoms with Gasteiger partial charge in [0.05, 0.1) is 5.75 Å². The summed E-state index contributed by atoms with van der Waals surface area (Å²) >= 11 is 6.66. The highest BCUT2D eigenvalue weighted by Crippen LogP contribution is 2.20. The third-order valence-corrected chi connectivity index (χ3v) is 6.07. The Labute approximate surface area is 175 Å². The molecule has 1 aliphatic rings. The zero-order valence-electron chi connectivity index (χ0n) is 16.4. The van der Waals surface area contributed by atoms with Crippen LogP contribution in [0.3, 0.4) is 0 Å². The van der Waals surface area contributed by atoms with Crippen molar-refractivity contribution in [2.45, 2.75) is 39.7 Å². The minimum absolute atomic E-state index is 0.0718. The molecular formula is C20H26N2O4S2. The van der Waals surface area contributed by atoms with Gasteiger partial charge < -0.3 is 15.0 Å². The molecular weight excluding hydrogens is 396 g/mol. The molecule has 1 atom stereocenters. The average Bonchev–Trinajstić information content (AvgIpc) is 2.66. The van der Waals surface area contributed by atoms with Gasteiger partial charge in [-0.05, 0) is 44.7 Å². The van der Waals surface area contributed by atoms with Crippen LogP contribution in [0, 0.1) is 5.92 Å². The molecule has 1 saturated heterocycles. The number of hydrogen-bond donors (Lipinski definition) is 1. The highest BCUT2D eigenvalue weighted by Gasteiger charge is 2.21. The number of ether oxygens (including phenoxy) is 1. The number of ketones is 1. The lowest BCUT2D eigenvalue weighted by molar-refractivity contribution is -0.150. The van der Waals surface area contributed by atoms with E-state index in [-0.39, 0.29) is 11.5 Å². The van der Waals surface area contributed by atoms with Crippen LogP contribution < -0.4 is 5.32 Å². The number of Topliss-reactive ketones (excluding diaryl/α,β-unsaturated/α-hetero) is 1. The molecule has 8 heteroatoms. The number of nitrogens with one attached hydrogen (secondary N) is 1. The Kier molecular flexibility index (Phi) is 8.44. The lowest BCUT2D eigenvalue weighted by atomic mass is 10.00. The maximum atomic E-state index is 12.2. The zero-order valence-corrected chi connectivity index (χ0v) is 18.0. The van der Waals surface area contributed by atoms with E-state index in [9.17, 15) is 14.4 Å². The van der Waals surface area contributed by atoms with Gasteiger partial charge in [0.1, 0.15) is 4.32 Å². The first kappa shape index (κ1) is 22.4. The topological polar surface area (TPSA) is 75.7 Å². The molecule has 1 N–H and O–H groups in total. The number of benzene rings is 1. The van der Waals surface area contributed by atoms with Crippen molar-refractivity contribution in [3.63, 3.8) is 0 Å². The molecule has 152 valence electrons. The van der Waals surface area contributed by atoms with Crippen LogP contribution in [-0.4, -0.2) is 51.8 Å². The Balaban J connectivity index is 1.76. The van der Waals surface area contributed by atoms with E-state index in [1.54, 1.807) is 24.3 Å². The molecule has 0 aromatic heterocycles. The predicted octanol–water partition coefficient (Wildman–Crippen LogP) is 3.51. The SMILES string of the molecule is CC(=O)c1cccc(NC(=O)C(C)OC(=O)CSC(=S)N2CCC(C)CC2)c1. The van der Waals surface area contributed by atoms with Crippen LogP contribution >= 0.6 is 24.0 Å². The normalized spacial score (nSPS) is 15.6. The van der Waals surface area contributed by atoms with Crippen LogP contribution in [0.1, 0.15) is 44.0 Å². The Morgan fingerprint density at radius 1 is 1.32 bits per heavy atom. The van der Waals surface area contributed by atoms with Gasteiger partial charge in [0, 0.05) is 24.3 Å². The zero-order chi connectivity index (χ0) is 20.7. The van der Waals surface area contributed by atoms with E-state index in [4.69, 9.17) is 17.0 Å². The second-order valence-electron chi connectivity index (χ2n) is 6.98. The van der Waals surface area contributed by atoms with Crippen molar-refractivity contribution in [2.24, 2.45) is 5.92 Å². The molecule has 1 aliphatic heterocycles. The van der Waals surface area contributed by atoms with Crippen molar-refractivity contribution >= 4 is 51.6 Å². The van der Waals surface area contributed by atoms with E-state index in [1.807, 2.05) is 0 Å². The van der Waals surface area contributed by atoms with Crippen molar-refractivity contribution < 1.29 is 19.1 Å². The van der Waals surface area contributed by atoms with Gasteiger partial charge in [0.25, 0.3) is 5.91 Å². The molecule has 0 spiro atoms. The number of likely N-dealkylation sites (tertiary alicyclic amines) is 1. The number of anilines is 1. The fourth-order valence-electron chi connectivity index (χ4n) is 2.75. The Morgan fingerprint density at radius 2 is 2.00 bits per heavy atom. The monoisotopic (exact) mass is 422 g/mol. The summed E-state index contributed by atoms with van der Waals surface area (Å²) in [5.74, 6) is -0.247. The molecule has 28 heavy (non-hydrogen) atoms. The van der Waals surface area contributed by atoms with Crippen molar-refractivity contribution in [1.82, 2.24) is 4.90 Å². The lowest BCUT2D eigenvalue weighted by Gasteiger charge is -2.31. The van der Waals surface area contributed by atoms with E-state index in [2.05, 4.69) is 17.1 Å². The summed E-state index contributed by atoms with van der Waals surface area (Å²) < 4.78 is 5.90. The second kappa shape index (κ2) is 10.6. The van der Waals surface area contributed by atoms with Crippen molar-refractivity contribution in [3.05, 3.63) is 29.8 Å². The number of thioether (sulfide) groups is 1. The highest BCUT2D eigenvalue weighted by molar-refractivity contribution is 8.23. The Morgan fingerprint density at radius 3 is 2.64 bits per heavy atom. The first-order chi connectivity index (χ1) is 13.3. The number of amides is 1. The van der Waals surface area contributed by atoms with Crippen LogP contribution in [0.25, 0.3) is 0 Å². The molecule has 0 radical (unpaired) electrons. The molecule has 1 unspecified atom stereocenters. The van der Waals surface area contributed by atoms with Crippen molar-refractivity contribution in [2.75, 3.05) is 24.2 Å². The average molecular weight is 423 g/mol. The number of hydrogen-bond acceptors (Lipinski definition) is 6. The van der Waals surface area contributed by atoms with Crippen molar-refractivity contribution in [1.29, 1.82) is 0 Å². The molecule has 1 fully saturated rings. The molecule has 1 amide bonds. The van der Waals surface area contributed by atoms with E-state index in [0.717, 1.165) is 25.9 Å². The second-order valence-corrected chi connectivity index (χ2v) is 8.59. The minimum atomic E-state index is -0.946. The Hall–Kier alpha value is -1.93. The fraction of sp³-hybridized carbons (Fsp3) is 0.500. The number of piperidine rings is 1. The lowest BCUT2D eigenvalue weighted by Crippen LogP contribution is -2.36.